The van der Waals surface area contributed by atoms with Crippen LogP contribution in [-0.2, 0) is 0 Å². The number of nitrogens with one attached hydrogen (secondary N) is 2. The Morgan fingerprint density at radius 2 is 2.07 bits per heavy atom. The molecule has 0 saturated carbocycles. The molecular formula is C19H16F2N6O. The van der Waals surface area contributed by atoms with Crippen LogP contribution in [0, 0.1) is 0 Å². The Labute approximate surface area is 158 Å². The number of aromatic nitrogens is 4. The van der Waals surface area contributed by atoms with Gasteiger partial charge in [0.1, 0.15) is 22.9 Å². The van der Waals surface area contributed by atoms with Gasteiger partial charge in [-0.2, -0.15) is 5.10 Å². The van der Waals surface area contributed by atoms with Crippen molar-refractivity contribution >= 4 is 28.3 Å². The molecule has 0 amide bonds. The first-order chi connectivity index (χ1) is 13.4. The van der Waals surface area contributed by atoms with Crippen LogP contribution in [0.3, 0.4) is 0 Å². The van der Waals surface area contributed by atoms with E-state index in [1.807, 2.05) is 0 Å². The highest BCUT2D eigenvalue weighted by atomic mass is 19.1. The predicted molar refractivity (Wildman–Crippen MR) is 105 cm³/mol. The number of halogens is 2. The smallest absolute Gasteiger partial charge is 0.252 e. The van der Waals surface area contributed by atoms with Crippen LogP contribution in [0.15, 0.2) is 58.1 Å². The molecule has 1 unspecified atom stereocenters. The molecule has 4 rings (SSSR count). The van der Waals surface area contributed by atoms with Crippen molar-refractivity contribution in [1.29, 1.82) is 0 Å². The number of nitrogens with zero attached hydrogens (tertiary/aromatic N) is 4. The van der Waals surface area contributed by atoms with E-state index in [9.17, 15) is 13.6 Å². The number of hydrogen-bond donors (Lipinski definition) is 2. The van der Waals surface area contributed by atoms with Crippen LogP contribution in [0.4, 0.5) is 20.4 Å². The SMILES string of the molecule is CN(C)c1nc(-c2n[nH]c3ccc(N=C4C(F)=CC=CC4F)cc23)cc(=O)[nH]1. The van der Waals surface area contributed by atoms with Gasteiger partial charge < -0.3 is 4.90 Å². The maximum Gasteiger partial charge on any atom is 0.252 e. The normalized spacial score (nSPS) is 17.9. The molecule has 0 spiro atoms. The van der Waals surface area contributed by atoms with Crippen molar-refractivity contribution < 1.29 is 8.78 Å². The van der Waals surface area contributed by atoms with Gasteiger partial charge in [0.05, 0.1) is 11.2 Å². The van der Waals surface area contributed by atoms with E-state index in [4.69, 9.17) is 0 Å². The zero-order valence-corrected chi connectivity index (χ0v) is 15.1. The standard InChI is InChI=1S/C19H16F2N6O/c1-27(2)19-23-15(9-16(28)24-19)17-11-8-10(6-7-14(11)25-26-17)22-18-12(20)4-3-5-13(18)21/h3-9,12H,1-2H3,(H,25,26)(H,23,24,28). The second-order valence-corrected chi connectivity index (χ2v) is 6.45. The number of anilines is 1. The summed E-state index contributed by atoms with van der Waals surface area (Å²) in [6.07, 6.45) is 2.10. The zero-order chi connectivity index (χ0) is 19.8. The van der Waals surface area contributed by atoms with Gasteiger partial charge in [-0.3, -0.25) is 14.9 Å². The van der Waals surface area contributed by atoms with Gasteiger partial charge in [0, 0.05) is 25.5 Å². The molecule has 142 valence electrons. The third kappa shape index (κ3) is 3.22. The van der Waals surface area contributed by atoms with Gasteiger partial charge in [-0.15, -0.1) is 0 Å². The van der Waals surface area contributed by atoms with E-state index in [-0.39, 0.29) is 11.3 Å². The van der Waals surface area contributed by atoms with Crippen molar-refractivity contribution in [3.05, 3.63) is 58.7 Å². The Kier molecular flexibility index (Phi) is 4.34. The van der Waals surface area contributed by atoms with E-state index in [1.54, 1.807) is 37.2 Å². The van der Waals surface area contributed by atoms with E-state index in [0.29, 0.717) is 33.9 Å². The van der Waals surface area contributed by atoms with E-state index < -0.39 is 12.0 Å². The highest BCUT2D eigenvalue weighted by Crippen LogP contribution is 2.29. The minimum absolute atomic E-state index is 0.281. The Bertz CT molecular complexity index is 1200. The minimum Gasteiger partial charge on any atom is -0.348 e. The molecule has 1 aliphatic rings. The topological polar surface area (TPSA) is 90.0 Å². The number of alkyl halides is 1. The van der Waals surface area contributed by atoms with Crippen LogP contribution in [0.2, 0.25) is 0 Å². The lowest BCUT2D eigenvalue weighted by Crippen LogP contribution is -2.18. The highest BCUT2D eigenvalue weighted by Gasteiger charge is 2.20. The molecular weight excluding hydrogens is 366 g/mol. The van der Waals surface area contributed by atoms with E-state index in [1.165, 1.54) is 24.3 Å². The van der Waals surface area contributed by atoms with E-state index in [2.05, 4.69) is 25.2 Å². The van der Waals surface area contributed by atoms with E-state index in [0.717, 1.165) is 0 Å². The number of benzene rings is 1. The molecule has 0 saturated heterocycles. The number of aromatic amines is 2. The fraction of sp³-hybridized carbons (Fsp3) is 0.158. The molecule has 7 nitrogen and oxygen atoms in total. The summed E-state index contributed by atoms with van der Waals surface area (Å²) in [4.78, 5) is 24.8. The first-order valence-corrected chi connectivity index (χ1v) is 8.46. The number of hydrogen-bond acceptors (Lipinski definition) is 5. The average Bonchev–Trinajstić information content (AvgIpc) is 3.07. The summed E-state index contributed by atoms with van der Waals surface area (Å²) in [5.41, 5.74) is 1.27. The molecule has 0 bridgehead atoms. The van der Waals surface area contributed by atoms with E-state index >= 15 is 0 Å². The molecule has 2 N–H and O–H groups in total. The number of fused-ring (bicyclic) bond motifs is 1. The van der Waals surface area contributed by atoms with Gasteiger partial charge in [-0.25, -0.2) is 18.8 Å². The lowest BCUT2D eigenvalue weighted by atomic mass is 10.1. The van der Waals surface area contributed by atoms with Gasteiger partial charge in [0.2, 0.25) is 5.95 Å². The third-order valence-electron chi connectivity index (χ3n) is 4.22. The van der Waals surface area contributed by atoms with Crippen LogP contribution >= 0.6 is 0 Å². The van der Waals surface area contributed by atoms with Gasteiger partial charge in [-0.05, 0) is 30.4 Å². The molecule has 1 aliphatic carbocycles. The summed E-state index contributed by atoms with van der Waals surface area (Å²) in [5.74, 6) is -0.328. The van der Waals surface area contributed by atoms with Crippen molar-refractivity contribution in [3.63, 3.8) is 0 Å². The Hall–Kier alpha value is -3.62. The second kappa shape index (κ2) is 6.84. The van der Waals surface area contributed by atoms with Crippen LogP contribution in [-0.4, -0.2) is 46.1 Å². The Morgan fingerprint density at radius 3 is 2.82 bits per heavy atom. The van der Waals surface area contributed by atoms with Gasteiger partial charge in [-0.1, -0.05) is 6.08 Å². The maximum absolute atomic E-state index is 14.0. The van der Waals surface area contributed by atoms with Crippen molar-refractivity contribution in [2.75, 3.05) is 19.0 Å². The zero-order valence-electron chi connectivity index (χ0n) is 15.1. The van der Waals surface area contributed by atoms with Crippen LogP contribution < -0.4 is 10.5 Å². The molecule has 1 aromatic carbocycles. The summed E-state index contributed by atoms with van der Waals surface area (Å²) in [7, 11) is 3.51. The molecule has 0 aliphatic heterocycles. The third-order valence-corrected chi connectivity index (χ3v) is 4.22. The van der Waals surface area contributed by atoms with Crippen LogP contribution in [0.1, 0.15) is 0 Å². The van der Waals surface area contributed by atoms with Crippen molar-refractivity contribution in [3.8, 4) is 11.4 Å². The molecule has 1 atom stereocenters. The van der Waals surface area contributed by atoms with Crippen LogP contribution in [0.5, 0.6) is 0 Å². The first-order valence-electron chi connectivity index (χ1n) is 8.46. The van der Waals surface area contributed by atoms with Crippen molar-refractivity contribution in [2.45, 2.75) is 6.17 Å². The Balaban J connectivity index is 1.83. The van der Waals surface area contributed by atoms with Gasteiger partial charge in [0.25, 0.3) is 5.56 Å². The molecule has 2 heterocycles. The molecule has 0 fully saturated rings. The molecule has 3 aromatic rings. The van der Waals surface area contributed by atoms with Gasteiger partial charge >= 0.3 is 0 Å². The quantitative estimate of drug-likeness (QED) is 0.728. The number of allylic oxidation sites excluding steroid dienone is 4. The fourth-order valence-electron chi connectivity index (χ4n) is 2.84. The van der Waals surface area contributed by atoms with Crippen molar-refractivity contribution in [1.82, 2.24) is 20.2 Å². The maximum atomic E-state index is 14.0. The monoisotopic (exact) mass is 382 g/mol. The number of rotatable bonds is 3. The highest BCUT2D eigenvalue weighted by molar-refractivity contribution is 6.06. The summed E-state index contributed by atoms with van der Waals surface area (Å²) >= 11 is 0. The van der Waals surface area contributed by atoms with Gasteiger partial charge in [0.15, 0.2) is 6.17 Å². The predicted octanol–water partition coefficient (Wildman–Crippen LogP) is 3.21. The first kappa shape index (κ1) is 17.8. The van der Waals surface area contributed by atoms with Crippen LogP contribution in [0.25, 0.3) is 22.3 Å². The largest absolute Gasteiger partial charge is 0.348 e. The summed E-state index contributed by atoms with van der Waals surface area (Å²) < 4.78 is 27.9. The molecule has 0 radical (unpaired) electrons. The Morgan fingerprint density at radius 1 is 1.25 bits per heavy atom. The fourth-order valence-corrected chi connectivity index (χ4v) is 2.84. The lowest BCUT2D eigenvalue weighted by Gasteiger charge is -2.11. The van der Waals surface area contributed by atoms with Crippen molar-refractivity contribution in [2.24, 2.45) is 4.99 Å². The number of aliphatic imine (C=N–C) groups is 1. The average molecular weight is 382 g/mol. The lowest BCUT2D eigenvalue weighted by molar-refractivity contribution is 0.482. The molecule has 28 heavy (non-hydrogen) atoms. The molecule has 2 aromatic heterocycles. The summed E-state index contributed by atoms with van der Waals surface area (Å²) in [6, 6.07) is 6.33. The number of H-pyrrole nitrogens is 2. The second-order valence-electron chi connectivity index (χ2n) is 6.45. The summed E-state index contributed by atoms with van der Waals surface area (Å²) in [5, 5.41) is 7.75. The minimum atomic E-state index is -1.61. The molecule has 9 heteroatoms. The summed E-state index contributed by atoms with van der Waals surface area (Å²) in [6.45, 7) is 0.